The summed E-state index contributed by atoms with van der Waals surface area (Å²) < 4.78 is 16.0. The second kappa shape index (κ2) is 6.92. The highest BCUT2D eigenvalue weighted by Crippen LogP contribution is 2.39. The van der Waals surface area contributed by atoms with E-state index >= 15 is 0 Å². The molecule has 0 unspecified atom stereocenters. The van der Waals surface area contributed by atoms with Crippen LogP contribution in [0.3, 0.4) is 0 Å². The van der Waals surface area contributed by atoms with Crippen LogP contribution in [0.25, 0.3) is 16.6 Å². The summed E-state index contributed by atoms with van der Waals surface area (Å²) in [6.45, 7) is 4.39. The molecule has 1 aliphatic heterocycles. The van der Waals surface area contributed by atoms with E-state index in [-0.39, 0.29) is 16.7 Å². The predicted octanol–water partition coefficient (Wildman–Crippen LogP) is 2.31. The molecule has 0 bridgehead atoms. The largest absolute Gasteiger partial charge is 0.353 e. The lowest BCUT2D eigenvalue weighted by Crippen LogP contribution is -2.52. The Kier molecular flexibility index (Phi) is 4.12. The zero-order valence-electron chi connectivity index (χ0n) is 17.5. The Bertz CT molecular complexity index is 1380. The summed E-state index contributed by atoms with van der Waals surface area (Å²) in [6, 6.07) is 3.09. The van der Waals surface area contributed by atoms with Gasteiger partial charge < -0.3 is 19.9 Å². The Morgan fingerprint density at radius 2 is 2.19 bits per heavy atom. The third-order valence-electron chi connectivity index (χ3n) is 6.19. The topological polar surface area (TPSA) is 100 Å². The molecular weight excluding hydrogens is 411 g/mol. The first-order chi connectivity index (χ1) is 15.5. The third-order valence-corrected chi connectivity index (χ3v) is 6.19. The van der Waals surface area contributed by atoms with Crippen LogP contribution in [0.1, 0.15) is 28.9 Å². The van der Waals surface area contributed by atoms with E-state index in [9.17, 15) is 9.18 Å². The number of fused-ring (bicyclic) bond motifs is 2. The van der Waals surface area contributed by atoms with Crippen molar-refractivity contribution in [3.05, 3.63) is 54.0 Å². The van der Waals surface area contributed by atoms with Crippen LogP contribution in [0.5, 0.6) is 0 Å². The normalized spacial score (nSPS) is 17.2. The Hall–Kier alpha value is -3.66. The number of aromatic nitrogens is 5. The average Bonchev–Trinajstić information content (AvgIpc) is 3.41. The van der Waals surface area contributed by atoms with Gasteiger partial charge in [0, 0.05) is 55.2 Å². The molecule has 10 heteroatoms. The lowest BCUT2D eigenvalue weighted by Gasteiger charge is -2.35. The molecule has 0 aromatic carbocycles. The van der Waals surface area contributed by atoms with Gasteiger partial charge in [-0.15, -0.1) is 5.10 Å². The van der Waals surface area contributed by atoms with Gasteiger partial charge in [-0.1, -0.05) is 0 Å². The van der Waals surface area contributed by atoms with Crippen molar-refractivity contribution in [1.82, 2.24) is 29.9 Å². The van der Waals surface area contributed by atoms with E-state index in [0.717, 1.165) is 30.8 Å². The number of imidazole rings is 1. The molecule has 6 rings (SSSR count). The van der Waals surface area contributed by atoms with Gasteiger partial charge in [0.1, 0.15) is 11.3 Å². The second-order valence-corrected chi connectivity index (χ2v) is 8.56. The van der Waals surface area contributed by atoms with E-state index in [1.807, 2.05) is 6.07 Å². The quantitative estimate of drug-likeness (QED) is 0.512. The van der Waals surface area contributed by atoms with E-state index < -0.39 is 11.7 Å². The third kappa shape index (κ3) is 3.14. The SMILES string of the molecule is Cc1cn2cc(NC(=O)c3cnc(N4CCNC5(CC5)C4)c4ccnnc34)cc(F)c2n1. The molecule has 32 heavy (non-hydrogen) atoms. The summed E-state index contributed by atoms with van der Waals surface area (Å²) >= 11 is 0. The van der Waals surface area contributed by atoms with Crippen LogP contribution in [-0.4, -0.2) is 55.6 Å². The van der Waals surface area contributed by atoms with Crippen molar-refractivity contribution in [3.8, 4) is 0 Å². The number of carbonyl (C=O) groups excluding carboxylic acids is 1. The van der Waals surface area contributed by atoms with Crippen LogP contribution >= 0.6 is 0 Å². The molecule has 1 aliphatic carbocycles. The molecule has 2 N–H and O–H groups in total. The van der Waals surface area contributed by atoms with Crippen LogP contribution in [0.2, 0.25) is 0 Å². The molecular formula is C22H21FN8O. The summed E-state index contributed by atoms with van der Waals surface area (Å²) in [5.41, 5.74) is 2.17. The minimum absolute atomic E-state index is 0.192. The highest BCUT2D eigenvalue weighted by Gasteiger charge is 2.46. The van der Waals surface area contributed by atoms with Gasteiger partial charge in [-0.25, -0.2) is 14.4 Å². The predicted molar refractivity (Wildman–Crippen MR) is 117 cm³/mol. The fraction of sp³-hybridized carbons (Fsp3) is 0.318. The van der Waals surface area contributed by atoms with E-state index in [0.29, 0.717) is 16.9 Å². The molecule has 2 fully saturated rings. The van der Waals surface area contributed by atoms with Gasteiger partial charge in [0.2, 0.25) is 0 Å². The van der Waals surface area contributed by atoms with Gasteiger partial charge in [-0.05, 0) is 25.8 Å². The van der Waals surface area contributed by atoms with Crippen molar-refractivity contribution >= 4 is 34.0 Å². The van der Waals surface area contributed by atoms with Gasteiger partial charge in [-0.2, -0.15) is 5.10 Å². The number of rotatable bonds is 3. The molecule has 0 atom stereocenters. The minimum atomic E-state index is -0.512. The second-order valence-electron chi connectivity index (χ2n) is 8.56. The van der Waals surface area contributed by atoms with Crippen molar-refractivity contribution in [1.29, 1.82) is 0 Å². The molecule has 4 aromatic rings. The molecule has 9 nitrogen and oxygen atoms in total. The molecule has 2 aliphatic rings. The van der Waals surface area contributed by atoms with Gasteiger partial charge in [0.25, 0.3) is 5.91 Å². The number of piperazine rings is 1. The number of carbonyl (C=O) groups is 1. The maximum atomic E-state index is 14.4. The Morgan fingerprint density at radius 1 is 1.31 bits per heavy atom. The number of anilines is 2. The van der Waals surface area contributed by atoms with Crippen LogP contribution in [0.4, 0.5) is 15.9 Å². The lowest BCUT2D eigenvalue weighted by atomic mass is 10.1. The summed E-state index contributed by atoms with van der Waals surface area (Å²) in [7, 11) is 0. The highest BCUT2D eigenvalue weighted by atomic mass is 19.1. The number of pyridine rings is 2. The first kappa shape index (κ1) is 19.1. The number of hydrogen-bond donors (Lipinski definition) is 2. The van der Waals surface area contributed by atoms with E-state index in [2.05, 4.69) is 35.7 Å². The van der Waals surface area contributed by atoms with Crippen molar-refractivity contribution in [3.63, 3.8) is 0 Å². The van der Waals surface area contributed by atoms with Crippen LogP contribution in [0, 0.1) is 12.7 Å². The van der Waals surface area contributed by atoms with Gasteiger partial charge >= 0.3 is 0 Å². The molecule has 1 saturated carbocycles. The summed E-state index contributed by atoms with van der Waals surface area (Å²) in [5.74, 6) is -0.133. The Balaban J connectivity index is 1.35. The lowest BCUT2D eigenvalue weighted by molar-refractivity contribution is 0.102. The molecule has 1 amide bonds. The van der Waals surface area contributed by atoms with E-state index in [1.54, 1.807) is 29.9 Å². The number of hydrogen-bond acceptors (Lipinski definition) is 7. The number of halogens is 1. The van der Waals surface area contributed by atoms with Crippen LogP contribution < -0.4 is 15.5 Å². The molecule has 1 saturated heterocycles. The first-order valence-electron chi connectivity index (χ1n) is 10.6. The number of nitrogens with zero attached hydrogens (tertiary/aromatic N) is 6. The van der Waals surface area contributed by atoms with Gasteiger partial charge in [-0.3, -0.25) is 4.79 Å². The summed E-state index contributed by atoms with van der Waals surface area (Å²) in [4.78, 5) is 24.1. The van der Waals surface area contributed by atoms with Crippen molar-refractivity contribution in [2.45, 2.75) is 25.3 Å². The average molecular weight is 432 g/mol. The first-order valence-corrected chi connectivity index (χ1v) is 10.6. The van der Waals surface area contributed by atoms with Gasteiger partial charge in [0.15, 0.2) is 11.5 Å². The van der Waals surface area contributed by atoms with Crippen molar-refractivity contribution < 1.29 is 9.18 Å². The van der Waals surface area contributed by atoms with Crippen molar-refractivity contribution in [2.24, 2.45) is 0 Å². The molecule has 1 spiro atoms. The molecule has 5 heterocycles. The fourth-order valence-electron chi connectivity index (χ4n) is 4.45. The number of amides is 1. The number of nitrogens with one attached hydrogen (secondary N) is 2. The highest BCUT2D eigenvalue weighted by molar-refractivity contribution is 6.13. The number of aryl methyl sites for hydroxylation is 1. The summed E-state index contributed by atoms with van der Waals surface area (Å²) in [5, 5.41) is 15.4. The van der Waals surface area contributed by atoms with E-state index in [1.165, 1.54) is 25.1 Å². The maximum absolute atomic E-state index is 14.4. The van der Waals surface area contributed by atoms with Gasteiger partial charge in [0.05, 0.1) is 23.1 Å². The smallest absolute Gasteiger partial charge is 0.259 e. The Labute approximate surface area is 182 Å². The molecule has 0 radical (unpaired) electrons. The van der Waals surface area contributed by atoms with Crippen LogP contribution in [-0.2, 0) is 0 Å². The summed E-state index contributed by atoms with van der Waals surface area (Å²) in [6.07, 6.45) is 8.79. The van der Waals surface area contributed by atoms with Crippen LogP contribution in [0.15, 0.2) is 36.9 Å². The Morgan fingerprint density at radius 3 is 3.03 bits per heavy atom. The fourth-order valence-corrected chi connectivity index (χ4v) is 4.45. The molecule has 4 aromatic heterocycles. The van der Waals surface area contributed by atoms with Crippen molar-refractivity contribution in [2.75, 3.05) is 29.9 Å². The zero-order valence-corrected chi connectivity index (χ0v) is 17.5. The van der Waals surface area contributed by atoms with E-state index in [4.69, 9.17) is 0 Å². The molecule has 162 valence electrons. The zero-order chi connectivity index (χ0) is 21.9. The minimum Gasteiger partial charge on any atom is -0.353 e. The monoisotopic (exact) mass is 432 g/mol. The standard InChI is InChI=1S/C22H21FN8O/c1-13-10-31-11-14(8-17(23)20(31)27-13)28-21(32)16-9-24-19(15-2-5-26-29-18(15)16)30-7-6-25-22(12-30)3-4-22/h2,5,8-11,25H,3-4,6-7,12H2,1H3,(H,28,32). The maximum Gasteiger partial charge on any atom is 0.259 e.